The molecule has 4 aromatic carbocycles. The summed E-state index contributed by atoms with van der Waals surface area (Å²) in [6, 6.07) is 36.0. The lowest BCUT2D eigenvalue weighted by Gasteiger charge is -2.19. The average Bonchev–Trinajstić information content (AvgIpc) is 2.92. The summed E-state index contributed by atoms with van der Waals surface area (Å²) in [4.78, 5) is 14.8. The number of hydrogen-bond donors (Lipinski definition) is 0. The molecule has 5 rings (SSSR count). The van der Waals surface area contributed by atoms with Crippen molar-refractivity contribution in [2.75, 3.05) is 0 Å². The molecular weight excluding hydrogens is 462 g/mol. The van der Waals surface area contributed by atoms with Gasteiger partial charge in [-0.15, -0.1) is 0 Å². The zero-order chi connectivity index (χ0) is 26.9. The first-order chi connectivity index (χ1) is 18.1. The molecule has 0 aliphatic carbocycles. The van der Waals surface area contributed by atoms with Crippen LogP contribution in [-0.2, 0) is 10.8 Å². The van der Waals surface area contributed by atoms with Gasteiger partial charge in [0.05, 0.1) is 0 Å². The maximum absolute atomic E-state index is 4.93. The lowest BCUT2D eigenvalue weighted by atomic mass is 9.86. The third-order valence-corrected chi connectivity index (χ3v) is 6.90. The summed E-state index contributed by atoms with van der Waals surface area (Å²) in [6.07, 6.45) is 0. The molecule has 0 radical (unpaired) electrons. The average molecular weight is 498 g/mol. The minimum absolute atomic E-state index is 0.0866. The first-order valence-corrected chi connectivity index (χ1v) is 13.2. The van der Waals surface area contributed by atoms with E-state index in [1.54, 1.807) is 0 Å². The van der Waals surface area contributed by atoms with Gasteiger partial charge in [-0.25, -0.2) is 15.0 Å². The minimum atomic E-state index is 0.0866. The second-order valence-corrected chi connectivity index (χ2v) is 11.9. The predicted molar refractivity (Wildman–Crippen MR) is 159 cm³/mol. The lowest BCUT2D eigenvalue weighted by molar-refractivity contribution is 0.590. The van der Waals surface area contributed by atoms with Crippen LogP contribution in [0.2, 0.25) is 0 Å². The van der Waals surface area contributed by atoms with Crippen molar-refractivity contribution >= 4 is 0 Å². The van der Waals surface area contributed by atoms with Gasteiger partial charge in [-0.3, -0.25) is 0 Å². The van der Waals surface area contributed by atoms with E-state index in [4.69, 9.17) is 15.0 Å². The van der Waals surface area contributed by atoms with Gasteiger partial charge in [0.1, 0.15) is 0 Å². The standard InChI is InChI=1S/C35H35N3/c1-34(2,3)29-20-16-27(17-21-29)32-36-31(26-14-12-25(13-15-26)24-10-8-7-9-11-24)37-33(38-32)28-18-22-30(23-19-28)35(4,5)6/h7-23H,1-6H3. The fraction of sp³-hybridized carbons (Fsp3) is 0.229. The van der Waals surface area contributed by atoms with Gasteiger partial charge in [-0.2, -0.15) is 0 Å². The van der Waals surface area contributed by atoms with Crippen molar-refractivity contribution < 1.29 is 0 Å². The summed E-state index contributed by atoms with van der Waals surface area (Å²) in [5.41, 5.74) is 8.02. The van der Waals surface area contributed by atoms with Crippen LogP contribution in [0, 0.1) is 0 Å². The molecule has 190 valence electrons. The van der Waals surface area contributed by atoms with Gasteiger partial charge in [0.15, 0.2) is 17.5 Å². The van der Waals surface area contributed by atoms with Gasteiger partial charge in [0.2, 0.25) is 0 Å². The van der Waals surface area contributed by atoms with Crippen molar-refractivity contribution in [3.05, 3.63) is 114 Å². The Morgan fingerprint density at radius 3 is 0.974 bits per heavy atom. The molecule has 0 amide bonds. The van der Waals surface area contributed by atoms with Crippen LogP contribution in [0.15, 0.2) is 103 Å². The van der Waals surface area contributed by atoms with E-state index in [9.17, 15) is 0 Å². The summed E-state index contributed by atoms with van der Waals surface area (Å²) in [5.74, 6) is 2.03. The number of hydrogen-bond acceptors (Lipinski definition) is 3. The Bertz CT molecular complexity index is 1440. The molecule has 0 saturated heterocycles. The Morgan fingerprint density at radius 2 is 0.632 bits per heavy atom. The Hall–Kier alpha value is -4.11. The van der Waals surface area contributed by atoms with Crippen LogP contribution >= 0.6 is 0 Å². The van der Waals surface area contributed by atoms with Crippen LogP contribution in [0.3, 0.4) is 0 Å². The van der Waals surface area contributed by atoms with E-state index in [-0.39, 0.29) is 10.8 Å². The van der Waals surface area contributed by atoms with Crippen LogP contribution in [-0.4, -0.2) is 15.0 Å². The molecular formula is C35H35N3. The Kier molecular flexibility index (Phi) is 6.71. The van der Waals surface area contributed by atoms with Crippen LogP contribution in [0.5, 0.6) is 0 Å². The van der Waals surface area contributed by atoms with Gasteiger partial charge < -0.3 is 0 Å². The highest BCUT2D eigenvalue weighted by Crippen LogP contribution is 2.30. The van der Waals surface area contributed by atoms with Crippen molar-refractivity contribution in [1.29, 1.82) is 0 Å². The molecule has 0 fully saturated rings. The molecule has 0 aliphatic rings. The molecule has 0 bridgehead atoms. The Morgan fingerprint density at radius 1 is 0.342 bits per heavy atom. The van der Waals surface area contributed by atoms with E-state index >= 15 is 0 Å². The molecule has 38 heavy (non-hydrogen) atoms. The van der Waals surface area contributed by atoms with Crippen molar-refractivity contribution in [3.63, 3.8) is 0 Å². The van der Waals surface area contributed by atoms with Crippen LogP contribution in [0.4, 0.5) is 0 Å². The third kappa shape index (κ3) is 5.57. The van der Waals surface area contributed by atoms with Gasteiger partial charge in [-0.05, 0) is 33.1 Å². The van der Waals surface area contributed by atoms with E-state index < -0.39 is 0 Å². The van der Waals surface area contributed by atoms with Gasteiger partial charge >= 0.3 is 0 Å². The molecule has 0 atom stereocenters. The van der Waals surface area contributed by atoms with Crippen molar-refractivity contribution in [2.45, 2.75) is 52.4 Å². The lowest BCUT2D eigenvalue weighted by Crippen LogP contribution is -2.10. The van der Waals surface area contributed by atoms with Crippen LogP contribution < -0.4 is 0 Å². The van der Waals surface area contributed by atoms with Crippen LogP contribution in [0.1, 0.15) is 52.7 Å². The molecule has 1 heterocycles. The van der Waals surface area contributed by atoms with E-state index in [1.807, 2.05) is 6.07 Å². The molecule has 1 aromatic heterocycles. The summed E-state index contributed by atoms with van der Waals surface area (Å²) in [7, 11) is 0. The molecule has 5 aromatic rings. The Labute approximate surface area is 226 Å². The number of aromatic nitrogens is 3. The quantitative estimate of drug-likeness (QED) is 0.248. The third-order valence-electron chi connectivity index (χ3n) is 6.90. The van der Waals surface area contributed by atoms with E-state index in [1.165, 1.54) is 22.3 Å². The van der Waals surface area contributed by atoms with Crippen molar-refractivity contribution in [2.24, 2.45) is 0 Å². The van der Waals surface area contributed by atoms with E-state index in [0.717, 1.165) is 16.7 Å². The van der Waals surface area contributed by atoms with Crippen LogP contribution in [0.25, 0.3) is 45.3 Å². The fourth-order valence-corrected chi connectivity index (χ4v) is 4.44. The number of rotatable bonds is 4. The minimum Gasteiger partial charge on any atom is -0.208 e. The zero-order valence-corrected chi connectivity index (χ0v) is 23.2. The normalized spacial score (nSPS) is 11.9. The highest BCUT2D eigenvalue weighted by Gasteiger charge is 2.17. The van der Waals surface area contributed by atoms with Gasteiger partial charge in [-0.1, -0.05) is 145 Å². The first kappa shape index (κ1) is 25.5. The highest BCUT2D eigenvalue weighted by molar-refractivity contribution is 5.70. The second kappa shape index (κ2) is 9.98. The predicted octanol–water partition coefficient (Wildman–Crippen LogP) is 9.13. The SMILES string of the molecule is CC(C)(C)c1ccc(-c2nc(-c3ccc(-c4ccccc4)cc3)nc(-c3ccc(C(C)(C)C)cc3)n2)cc1. The number of benzene rings is 4. The van der Waals surface area contributed by atoms with Crippen molar-refractivity contribution in [1.82, 2.24) is 15.0 Å². The molecule has 0 unspecified atom stereocenters. The van der Waals surface area contributed by atoms with E-state index in [2.05, 4.69) is 139 Å². The molecule has 0 spiro atoms. The molecule has 3 nitrogen and oxygen atoms in total. The molecule has 0 saturated carbocycles. The van der Waals surface area contributed by atoms with Gasteiger partial charge in [0, 0.05) is 16.7 Å². The summed E-state index contributed by atoms with van der Waals surface area (Å²) < 4.78 is 0. The van der Waals surface area contributed by atoms with Crippen molar-refractivity contribution in [3.8, 4) is 45.3 Å². The second-order valence-electron chi connectivity index (χ2n) is 11.9. The van der Waals surface area contributed by atoms with E-state index in [0.29, 0.717) is 17.5 Å². The fourth-order valence-electron chi connectivity index (χ4n) is 4.44. The summed E-state index contributed by atoms with van der Waals surface area (Å²) in [5, 5.41) is 0. The topological polar surface area (TPSA) is 38.7 Å². The maximum Gasteiger partial charge on any atom is 0.164 e. The largest absolute Gasteiger partial charge is 0.208 e. The first-order valence-electron chi connectivity index (χ1n) is 13.2. The highest BCUT2D eigenvalue weighted by atomic mass is 15.0. The zero-order valence-electron chi connectivity index (χ0n) is 23.2. The molecule has 0 aliphatic heterocycles. The Balaban J connectivity index is 1.59. The maximum atomic E-state index is 4.93. The molecule has 3 heteroatoms. The van der Waals surface area contributed by atoms with Gasteiger partial charge in [0.25, 0.3) is 0 Å². The number of nitrogens with zero attached hydrogens (tertiary/aromatic N) is 3. The molecule has 0 N–H and O–H groups in total. The summed E-state index contributed by atoms with van der Waals surface area (Å²) >= 11 is 0. The summed E-state index contributed by atoms with van der Waals surface area (Å²) in [6.45, 7) is 13.3. The smallest absolute Gasteiger partial charge is 0.164 e. The monoisotopic (exact) mass is 497 g/mol.